The number of esters is 1. The molecule has 0 unspecified atom stereocenters. The molecule has 1 atom stereocenters. The van der Waals surface area contributed by atoms with E-state index in [-0.39, 0.29) is 0 Å². The minimum Gasteiger partial charge on any atom is -0.449 e. The molecule has 0 aliphatic carbocycles. The quantitative estimate of drug-likeness (QED) is 0.776. The summed E-state index contributed by atoms with van der Waals surface area (Å²) in [7, 11) is 1.39. The molecule has 7 nitrogen and oxygen atoms in total. The Bertz CT molecular complexity index is 553. The minimum atomic E-state index is -1.07. The van der Waals surface area contributed by atoms with E-state index < -0.39 is 24.0 Å². The predicted octanol–water partition coefficient (Wildman–Crippen LogP) is 1.53. The van der Waals surface area contributed by atoms with E-state index in [1.807, 2.05) is 12.1 Å². The first-order chi connectivity index (χ1) is 10.9. The zero-order chi connectivity index (χ0) is 17.4. The monoisotopic (exact) mass is 321 g/mol. The zero-order valence-corrected chi connectivity index (χ0v) is 13.9. The second-order valence-corrected chi connectivity index (χ2v) is 4.84. The summed E-state index contributed by atoms with van der Waals surface area (Å²) in [6.07, 6.45) is -1.07. The van der Waals surface area contributed by atoms with Crippen LogP contribution < -0.4 is 15.5 Å². The molecule has 126 valence electrons. The largest absolute Gasteiger partial charge is 0.449 e. The third-order valence-electron chi connectivity index (χ3n) is 3.35. The summed E-state index contributed by atoms with van der Waals surface area (Å²) in [5, 5.41) is 4.30. The fraction of sp³-hybridized carbons (Fsp3) is 0.438. The van der Waals surface area contributed by atoms with Crippen LogP contribution in [0.15, 0.2) is 24.3 Å². The van der Waals surface area contributed by atoms with Gasteiger partial charge in [-0.1, -0.05) is 0 Å². The fourth-order valence-corrected chi connectivity index (χ4v) is 1.96. The van der Waals surface area contributed by atoms with Crippen molar-refractivity contribution in [2.75, 3.05) is 25.0 Å². The van der Waals surface area contributed by atoms with Crippen molar-refractivity contribution in [3.8, 4) is 0 Å². The summed E-state index contributed by atoms with van der Waals surface area (Å²) in [6.45, 7) is 7.26. The number of imide groups is 1. The molecule has 0 fully saturated rings. The molecular formula is C16H23N3O4. The summed E-state index contributed by atoms with van der Waals surface area (Å²) < 4.78 is 5.05. The summed E-state index contributed by atoms with van der Waals surface area (Å²) in [5.74, 6) is -1.30. The number of hydrogen-bond acceptors (Lipinski definition) is 5. The van der Waals surface area contributed by atoms with Crippen LogP contribution in [0.1, 0.15) is 31.1 Å². The Morgan fingerprint density at radius 3 is 2.17 bits per heavy atom. The maximum absolute atomic E-state index is 12.0. The Kier molecular flexibility index (Phi) is 7.05. The second kappa shape index (κ2) is 8.77. The molecule has 3 amide bonds. The number of ether oxygens (including phenoxy) is 1. The zero-order valence-electron chi connectivity index (χ0n) is 13.9. The Hall–Kier alpha value is -2.57. The minimum absolute atomic E-state index is 0.348. The van der Waals surface area contributed by atoms with Crippen molar-refractivity contribution in [1.29, 1.82) is 0 Å². The van der Waals surface area contributed by atoms with Crippen LogP contribution >= 0.6 is 0 Å². The molecule has 0 aliphatic heterocycles. The van der Waals surface area contributed by atoms with Crippen LogP contribution in [-0.4, -0.2) is 44.1 Å². The lowest BCUT2D eigenvalue weighted by Gasteiger charge is -2.21. The van der Waals surface area contributed by atoms with Crippen molar-refractivity contribution in [3.63, 3.8) is 0 Å². The third-order valence-corrected chi connectivity index (χ3v) is 3.35. The van der Waals surface area contributed by atoms with Gasteiger partial charge in [0.15, 0.2) is 6.10 Å². The maximum atomic E-state index is 12.0. The van der Waals surface area contributed by atoms with E-state index in [0.29, 0.717) is 5.56 Å². The van der Waals surface area contributed by atoms with Crippen LogP contribution in [0.3, 0.4) is 0 Å². The molecule has 0 spiro atoms. The van der Waals surface area contributed by atoms with Crippen LogP contribution in [0.25, 0.3) is 0 Å². The fourth-order valence-electron chi connectivity index (χ4n) is 1.96. The predicted molar refractivity (Wildman–Crippen MR) is 87.5 cm³/mol. The topological polar surface area (TPSA) is 87.7 Å². The first-order valence-corrected chi connectivity index (χ1v) is 7.51. The molecule has 1 rings (SSSR count). The van der Waals surface area contributed by atoms with Crippen molar-refractivity contribution in [2.45, 2.75) is 26.9 Å². The highest BCUT2D eigenvalue weighted by molar-refractivity contribution is 5.98. The van der Waals surface area contributed by atoms with E-state index in [9.17, 15) is 14.4 Å². The van der Waals surface area contributed by atoms with Crippen LogP contribution in [0.5, 0.6) is 0 Å². The van der Waals surface area contributed by atoms with Crippen LogP contribution in [0.2, 0.25) is 0 Å². The lowest BCUT2D eigenvalue weighted by Crippen LogP contribution is -2.43. The van der Waals surface area contributed by atoms with Gasteiger partial charge in [0.1, 0.15) is 0 Å². The molecule has 0 saturated heterocycles. The highest BCUT2D eigenvalue weighted by Gasteiger charge is 2.20. The Morgan fingerprint density at radius 1 is 1.13 bits per heavy atom. The van der Waals surface area contributed by atoms with Gasteiger partial charge in [-0.25, -0.2) is 9.59 Å². The van der Waals surface area contributed by atoms with Crippen LogP contribution in [-0.2, 0) is 9.53 Å². The number of amides is 3. The summed E-state index contributed by atoms with van der Waals surface area (Å²) in [5.41, 5.74) is 1.36. The van der Waals surface area contributed by atoms with Gasteiger partial charge >= 0.3 is 12.0 Å². The molecule has 7 heteroatoms. The number of urea groups is 1. The molecule has 0 aromatic heterocycles. The average molecular weight is 321 g/mol. The van der Waals surface area contributed by atoms with E-state index in [2.05, 4.69) is 29.4 Å². The van der Waals surface area contributed by atoms with E-state index in [4.69, 9.17) is 4.74 Å². The SMILES string of the molecule is CCN(CC)c1ccc(C(=O)O[C@@H](C)C(=O)NC(=O)NC)cc1. The smallest absolute Gasteiger partial charge is 0.338 e. The van der Waals surface area contributed by atoms with Gasteiger partial charge in [0.2, 0.25) is 0 Å². The molecular weight excluding hydrogens is 298 g/mol. The van der Waals surface area contributed by atoms with E-state index in [1.165, 1.54) is 14.0 Å². The highest BCUT2D eigenvalue weighted by atomic mass is 16.5. The number of hydrogen-bond donors (Lipinski definition) is 2. The van der Waals surface area contributed by atoms with Gasteiger partial charge in [-0.2, -0.15) is 0 Å². The second-order valence-electron chi connectivity index (χ2n) is 4.84. The number of nitrogens with zero attached hydrogens (tertiary/aromatic N) is 1. The Morgan fingerprint density at radius 2 is 1.70 bits per heavy atom. The van der Waals surface area contributed by atoms with E-state index in [0.717, 1.165) is 18.8 Å². The molecule has 1 aromatic carbocycles. The molecule has 0 bridgehead atoms. The number of carbonyl (C=O) groups is 3. The van der Waals surface area contributed by atoms with E-state index in [1.54, 1.807) is 12.1 Å². The van der Waals surface area contributed by atoms with Gasteiger partial charge in [-0.15, -0.1) is 0 Å². The lowest BCUT2D eigenvalue weighted by molar-refractivity contribution is -0.127. The first kappa shape index (κ1) is 18.5. The van der Waals surface area contributed by atoms with Crippen molar-refractivity contribution >= 4 is 23.6 Å². The molecule has 23 heavy (non-hydrogen) atoms. The standard InChI is InChI=1S/C16H23N3O4/c1-5-19(6-2)13-9-7-12(8-10-13)15(21)23-11(3)14(20)18-16(22)17-4/h7-11H,5-6H2,1-4H3,(H2,17,18,20,22)/t11-/m0/s1. The van der Waals surface area contributed by atoms with Crippen LogP contribution in [0.4, 0.5) is 10.5 Å². The highest BCUT2D eigenvalue weighted by Crippen LogP contribution is 2.15. The molecule has 2 N–H and O–H groups in total. The van der Waals surface area contributed by atoms with Gasteiger partial charge in [-0.05, 0) is 45.0 Å². The summed E-state index contributed by atoms with van der Waals surface area (Å²) in [6, 6.07) is 6.32. The van der Waals surface area contributed by atoms with Gasteiger partial charge < -0.3 is 15.0 Å². The van der Waals surface area contributed by atoms with Crippen molar-refractivity contribution in [2.24, 2.45) is 0 Å². The third kappa shape index (κ3) is 5.28. The number of rotatable bonds is 6. The average Bonchev–Trinajstić information content (AvgIpc) is 2.56. The number of nitrogens with one attached hydrogen (secondary N) is 2. The molecule has 1 aromatic rings. The van der Waals surface area contributed by atoms with Gasteiger partial charge in [0.05, 0.1) is 5.56 Å². The van der Waals surface area contributed by atoms with Crippen molar-refractivity contribution in [3.05, 3.63) is 29.8 Å². The lowest BCUT2D eigenvalue weighted by atomic mass is 10.2. The van der Waals surface area contributed by atoms with E-state index >= 15 is 0 Å². The Balaban J connectivity index is 2.67. The molecule has 0 saturated carbocycles. The summed E-state index contributed by atoms with van der Waals surface area (Å²) >= 11 is 0. The first-order valence-electron chi connectivity index (χ1n) is 7.51. The number of benzene rings is 1. The van der Waals surface area contributed by atoms with Crippen molar-refractivity contribution < 1.29 is 19.1 Å². The van der Waals surface area contributed by atoms with Gasteiger partial charge in [0.25, 0.3) is 5.91 Å². The molecule has 0 radical (unpaired) electrons. The van der Waals surface area contributed by atoms with Gasteiger partial charge in [-0.3, -0.25) is 10.1 Å². The number of carbonyl (C=O) groups excluding carboxylic acids is 3. The molecule has 0 aliphatic rings. The maximum Gasteiger partial charge on any atom is 0.338 e. The Labute approximate surface area is 136 Å². The van der Waals surface area contributed by atoms with Gasteiger partial charge in [0, 0.05) is 25.8 Å². The number of anilines is 1. The summed E-state index contributed by atoms with van der Waals surface area (Å²) in [4.78, 5) is 36.9. The normalized spacial score (nSPS) is 11.3. The van der Waals surface area contributed by atoms with Crippen LogP contribution in [0, 0.1) is 0 Å². The van der Waals surface area contributed by atoms with Crippen molar-refractivity contribution in [1.82, 2.24) is 10.6 Å². The molecule has 0 heterocycles.